The highest BCUT2D eigenvalue weighted by Gasteiger charge is 2.25. The molecule has 0 saturated carbocycles. The molecule has 1 N–H and O–H groups in total. The Balaban J connectivity index is 1.58. The van der Waals surface area contributed by atoms with Crippen LogP contribution in [0.4, 0.5) is 0 Å². The number of benzene rings is 2. The zero-order valence-corrected chi connectivity index (χ0v) is 14.8. The van der Waals surface area contributed by atoms with E-state index in [0.717, 1.165) is 42.1 Å². The molecule has 2 aromatic carbocycles. The van der Waals surface area contributed by atoms with Crippen molar-refractivity contribution >= 4 is 22.6 Å². The molecule has 2 aromatic rings. The Hall–Kier alpha value is -2.36. The molecular formula is C21H26N2O2. The molecule has 1 heterocycles. The van der Waals surface area contributed by atoms with Gasteiger partial charge in [0.2, 0.25) is 11.8 Å². The number of carbonyl (C=O) groups excluding carboxylic acids is 2. The van der Waals surface area contributed by atoms with Gasteiger partial charge in [-0.15, -0.1) is 0 Å². The number of amides is 2. The van der Waals surface area contributed by atoms with E-state index in [1.54, 1.807) is 0 Å². The molecule has 0 spiro atoms. The summed E-state index contributed by atoms with van der Waals surface area (Å²) in [6.45, 7) is 3.03. The van der Waals surface area contributed by atoms with Crippen molar-refractivity contribution in [2.75, 3.05) is 13.1 Å². The third kappa shape index (κ3) is 4.19. The van der Waals surface area contributed by atoms with Crippen LogP contribution in [0.3, 0.4) is 0 Å². The summed E-state index contributed by atoms with van der Waals surface area (Å²) >= 11 is 0. The van der Waals surface area contributed by atoms with E-state index in [9.17, 15) is 9.59 Å². The van der Waals surface area contributed by atoms with Crippen LogP contribution in [0.2, 0.25) is 0 Å². The van der Waals surface area contributed by atoms with Crippen LogP contribution < -0.4 is 5.32 Å². The summed E-state index contributed by atoms with van der Waals surface area (Å²) in [6, 6.07) is 14.4. The summed E-state index contributed by atoms with van der Waals surface area (Å²) in [6.07, 6.45) is 4.61. The van der Waals surface area contributed by atoms with Gasteiger partial charge in [0.25, 0.3) is 0 Å². The number of piperidine rings is 1. The van der Waals surface area contributed by atoms with E-state index in [0.29, 0.717) is 12.5 Å². The summed E-state index contributed by atoms with van der Waals surface area (Å²) in [5, 5.41) is 5.03. The van der Waals surface area contributed by atoms with Crippen molar-refractivity contribution in [1.29, 1.82) is 0 Å². The zero-order valence-electron chi connectivity index (χ0n) is 14.8. The van der Waals surface area contributed by atoms with Crippen molar-refractivity contribution in [1.82, 2.24) is 10.2 Å². The number of hydrogen-bond donors (Lipinski definition) is 1. The maximum atomic E-state index is 12.4. The Morgan fingerprint density at radius 2 is 1.92 bits per heavy atom. The molecule has 25 heavy (non-hydrogen) atoms. The van der Waals surface area contributed by atoms with Crippen LogP contribution in [0.25, 0.3) is 10.8 Å². The second-order valence-electron chi connectivity index (χ2n) is 6.74. The molecule has 1 aliphatic heterocycles. The summed E-state index contributed by atoms with van der Waals surface area (Å²) < 4.78 is 0. The first-order valence-corrected chi connectivity index (χ1v) is 9.22. The first-order chi connectivity index (χ1) is 12.2. The van der Waals surface area contributed by atoms with E-state index in [4.69, 9.17) is 0 Å². The van der Waals surface area contributed by atoms with Crippen molar-refractivity contribution in [2.45, 2.75) is 45.1 Å². The molecule has 4 nitrogen and oxygen atoms in total. The summed E-state index contributed by atoms with van der Waals surface area (Å²) in [5.41, 5.74) is 0.993. The monoisotopic (exact) mass is 338 g/mol. The minimum atomic E-state index is -0.102. The van der Waals surface area contributed by atoms with E-state index >= 15 is 0 Å². The van der Waals surface area contributed by atoms with Gasteiger partial charge in [-0.25, -0.2) is 0 Å². The maximum Gasteiger partial charge on any atom is 0.242 e. The third-order valence-corrected chi connectivity index (χ3v) is 5.09. The minimum absolute atomic E-state index is 0.0396. The number of nitrogens with one attached hydrogen (secondary N) is 1. The quantitative estimate of drug-likeness (QED) is 0.909. The molecule has 1 saturated heterocycles. The lowest BCUT2D eigenvalue weighted by molar-refractivity contribution is -0.135. The van der Waals surface area contributed by atoms with Crippen molar-refractivity contribution in [3.05, 3.63) is 48.0 Å². The smallest absolute Gasteiger partial charge is 0.242 e. The van der Waals surface area contributed by atoms with E-state index < -0.39 is 0 Å². The van der Waals surface area contributed by atoms with Gasteiger partial charge in [0.1, 0.15) is 0 Å². The van der Waals surface area contributed by atoms with Gasteiger partial charge in [0.05, 0.1) is 13.0 Å². The largest absolute Gasteiger partial charge is 0.347 e. The Labute approximate surface area is 149 Å². The molecule has 1 atom stereocenters. The molecule has 0 aromatic heterocycles. The molecule has 0 aliphatic carbocycles. The summed E-state index contributed by atoms with van der Waals surface area (Å²) in [4.78, 5) is 26.7. The summed E-state index contributed by atoms with van der Waals surface area (Å²) in [5.74, 6) is -0.0624. The highest BCUT2D eigenvalue weighted by atomic mass is 16.2. The van der Waals surface area contributed by atoms with Crippen molar-refractivity contribution < 1.29 is 9.59 Å². The molecule has 1 aliphatic rings. The predicted octanol–water partition coefficient (Wildman–Crippen LogP) is 3.29. The summed E-state index contributed by atoms with van der Waals surface area (Å²) in [7, 11) is 0. The van der Waals surface area contributed by atoms with E-state index in [2.05, 4.69) is 12.2 Å². The second-order valence-corrected chi connectivity index (χ2v) is 6.74. The molecular weight excluding hydrogens is 312 g/mol. The maximum absolute atomic E-state index is 12.4. The first kappa shape index (κ1) is 17.5. The molecule has 132 valence electrons. The molecule has 2 amide bonds. The highest BCUT2D eigenvalue weighted by Crippen LogP contribution is 2.20. The number of carbonyl (C=O) groups is 2. The molecule has 1 fully saturated rings. The van der Waals surface area contributed by atoms with Crippen LogP contribution in [-0.4, -0.2) is 35.8 Å². The lowest BCUT2D eigenvalue weighted by Gasteiger charge is -2.35. The van der Waals surface area contributed by atoms with Gasteiger partial charge in [-0.05, 0) is 42.0 Å². The Morgan fingerprint density at radius 1 is 1.12 bits per heavy atom. The van der Waals surface area contributed by atoms with Gasteiger partial charge in [-0.2, -0.15) is 0 Å². The number of fused-ring (bicyclic) bond motifs is 1. The van der Waals surface area contributed by atoms with Gasteiger partial charge >= 0.3 is 0 Å². The topological polar surface area (TPSA) is 49.4 Å². The number of rotatable bonds is 5. The van der Waals surface area contributed by atoms with Gasteiger partial charge in [-0.1, -0.05) is 49.4 Å². The normalized spacial score (nSPS) is 17.5. The van der Waals surface area contributed by atoms with Gasteiger partial charge in [0.15, 0.2) is 0 Å². The van der Waals surface area contributed by atoms with E-state index in [1.165, 1.54) is 6.42 Å². The molecule has 0 bridgehead atoms. The third-order valence-electron chi connectivity index (χ3n) is 5.09. The zero-order chi connectivity index (χ0) is 17.6. The highest BCUT2D eigenvalue weighted by molar-refractivity contribution is 5.91. The van der Waals surface area contributed by atoms with Crippen LogP contribution >= 0.6 is 0 Å². The Bertz CT molecular complexity index is 751. The molecule has 4 heteroatoms. The fourth-order valence-corrected chi connectivity index (χ4v) is 3.71. The van der Waals surface area contributed by atoms with Crippen LogP contribution in [0.5, 0.6) is 0 Å². The van der Waals surface area contributed by atoms with Crippen LogP contribution in [-0.2, 0) is 16.0 Å². The van der Waals surface area contributed by atoms with Crippen molar-refractivity contribution in [3.63, 3.8) is 0 Å². The first-order valence-electron chi connectivity index (χ1n) is 9.22. The lowest BCUT2D eigenvalue weighted by Crippen LogP contribution is -2.47. The number of nitrogens with zero attached hydrogens (tertiary/aromatic N) is 1. The van der Waals surface area contributed by atoms with Gasteiger partial charge in [0, 0.05) is 12.6 Å². The van der Waals surface area contributed by atoms with Gasteiger partial charge in [-0.3, -0.25) is 9.59 Å². The molecule has 1 unspecified atom stereocenters. The fraction of sp³-hybridized carbons (Fsp3) is 0.429. The van der Waals surface area contributed by atoms with Crippen molar-refractivity contribution in [3.8, 4) is 0 Å². The van der Waals surface area contributed by atoms with Crippen molar-refractivity contribution in [2.24, 2.45) is 0 Å². The molecule has 0 radical (unpaired) electrons. The SMILES string of the molecule is CCC1CCCCN1C(=O)CNC(=O)Cc1cccc2ccccc12. The van der Waals surface area contributed by atoms with Crippen LogP contribution in [0.1, 0.15) is 38.2 Å². The Kier molecular flexibility index (Phi) is 5.69. The Morgan fingerprint density at radius 3 is 2.76 bits per heavy atom. The second kappa shape index (κ2) is 8.15. The number of likely N-dealkylation sites (tertiary alicyclic amines) is 1. The van der Waals surface area contributed by atoms with Gasteiger partial charge < -0.3 is 10.2 Å². The van der Waals surface area contributed by atoms with E-state index in [-0.39, 0.29) is 18.4 Å². The minimum Gasteiger partial charge on any atom is -0.347 e. The fourth-order valence-electron chi connectivity index (χ4n) is 3.71. The van der Waals surface area contributed by atoms with E-state index in [1.807, 2.05) is 47.4 Å². The lowest BCUT2D eigenvalue weighted by atomic mass is 10.00. The van der Waals surface area contributed by atoms with Crippen LogP contribution in [0.15, 0.2) is 42.5 Å². The average molecular weight is 338 g/mol. The average Bonchev–Trinajstić information content (AvgIpc) is 2.66. The van der Waals surface area contributed by atoms with Crippen LogP contribution in [0, 0.1) is 0 Å². The number of hydrogen-bond acceptors (Lipinski definition) is 2. The standard InChI is InChI=1S/C21H26N2O2/c1-2-18-11-5-6-13-23(18)21(25)15-22-20(24)14-17-10-7-9-16-8-3-4-12-19(16)17/h3-4,7-10,12,18H,2,5-6,11,13-15H2,1H3,(H,22,24). The predicted molar refractivity (Wildman–Crippen MR) is 100 cm³/mol. The molecule has 3 rings (SSSR count).